The molecule has 116 valence electrons. The number of hydrogen-bond acceptors (Lipinski definition) is 2. The number of halogens is 2. The van der Waals surface area contributed by atoms with E-state index in [2.05, 4.69) is 12.6 Å². The second-order valence-electron chi connectivity index (χ2n) is 4.94. The summed E-state index contributed by atoms with van der Waals surface area (Å²) >= 11 is 11.9. The summed E-state index contributed by atoms with van der Waals surface area (Å²) in [5, 5.41) is 9.66. The normalized spacial score (nSPS) is 9.96. The van der Waals surface area contributed by atoms with Crippen molar-refractivity contribution in [3.63, 3.8) is 0 Å². The molecule has 2 aromatic carbocycles. The molecule has 2 rings (SSSR count). The number of nitriles is 1. The summed E-state index contributed by atoms with van der Waals surface area (Å²) in [7, 11) is 0. The fourth-order valence-electron chi connectivity index (χ4n) is 2.14. The highest BCUT2D eigenvalue weighted by atomic mass is 35.5. The van der Waals surface area contributed by atoms with Crippen LogP contribution in [-0.4, -0.2) is 17.4 Å². The maximum absolute atomic E-state index is 12.7. The zero-order valence-corrected chi connectivity index (χ0v) is 13.8. The van der Waals surface area contributed by atoms with Crippen LogP contribution in [0.25, 0.3) is 0 Å². The number of carbonyl (C=O) groups excluding carboxylic acids is 1. The van der Waals surface area contributed by atoms with E-state index in [-0.39, 0.29) is 5.91 Å². The molecule has 2 aromatic rings. The standard InChI is InChI=1S/C18H14Cl2N2O/c1-2-7-22(12-14-5-3-13(11-21)4-6-14)18(23)15-8-16(19)10-17(20)9-15/h2-6,8-10H,1,7,12H2. The summed E-state index contributed by atoms with van der Waals surface area (Å²) < 4.78 is 0. The minimum absolute atomic E-state index is 0.182. The Labute approximate surface area is 145 Å². The van der Waals surface area contributed by atoms with Crippen molar-refractivity contribution in [3.05, 3.63) is 81.9 Å². The van der Waals surface area contributed by atoms with Crippen LogP contribution in [0.4, 0.5) is 0 Å². The van der Waals surface area contributed by atoms with Gasteiger partial charge in [0, 0.05) is 28.7 Å². The highest BCUT2D eigenvalue weighted by Crippen LogP contribution is 2.21. The molecule has 0 spiro atoms. The van der Waals surface area contributed by atoms with Gasteiger partial charge in [0.2, 0.25) is 0 Å². The Kier molecular flexibility index (Phi) is 5.81. The molecule has 0 aliphatic rings. The Bertz CT molecular complexity index is 743. The third kappa shape index (κ3) is 4.59. The molecule has 0 radical (unpaired) electrons. The van der Waals surface area contributed by atoms with Gasteiger partial charge in [-0.2, -0.15) is 5.26 Å². The van der Waals surface area contributed by atoms with E-state index in [1.54, 1.807) is 41.3 Å². The third-order valence-corrected chi connectivity index (χ3v) is 3.64. The maximum atomic E-state index is 12.7. The van der Waals surface area contributed by atoms with E-state index < -0.39 is 0 Å². The van der Waals surface area contributed by atoms with Gasteiger partial charge in [-0.05, 0) is 35.9 Å². The van der Waals surface area contributed by atoms with E-state index in [1.807, 2.05) is 12.1 Å². The molecule has 0 unspecified atom stereocenters. The molecule has 0 bridgehead atoms. The lowest BCUT2D eigenvalue weighted by Crippen LogP contribution is -2.30. The first-order valence-electron chi connectivity index (χ1n) is 6.89. The van der Waals surface area contributed by atoms with Crippen LogP contribution in [0.5, 0.6) is 0 Å². The SMILES string of the molecule is C=CCN(Cc1ccc(C#N)cc1)C(=O)c1cc(Cl)cc(Cl)c1. The molecule has 0 heterocycles. The number of rotatable bonds is 5. The minimum atomic E-state index is -0.182. The van der Waals surface area contributed by atoms with Crippen LogP contribution in [0, 0.1) is 11.3 Å². The lowest BCUT2D eigenvalue weighted by molar-refractivity contribution is 0.0762. The van der Waals surface area contributed by atoms with Gasteiger partial charge in [-0.15, -0.1) is 6.58 Å². The molecule has 0 saturated carbocycles. The average Bonchev–Trinajstić information content (AvgIpc) is 2.53. The number of benzene rings is 2. The topological polar surface area (TPSA) is 44.1 Å². The predicted molar refractivity (Wildman–Crippen MR) is 92.6 cm³/mol. The van der Waals surface area contributed by atoms with Gasteiger partial charge >= 0.3 is 0 Å². The lowest BCUT2D eigenvalue weighted by Gasteiger charge is -2.21. The molecule has 0 fully saturated rings. The minimum Gasteiger partial charge on any atom is -0.331 e. The van der Waals surface area contributed by atoms with E-state index in [0.29, 0.717) is 34.3 Å². The second kappa shape index (κ2) is 7.82. The molecule has 23 heavy (non-hydrogen) atoms. The van der Waals surface area contributed by atoms with E-state index in [1.165, 1.54) is 0 Å². The molecular formula is C18H14Cl2N2O. The van der Waals surface area contributed by atoms with Gasteiger partial charge in [0.05, 0.1) is 11.6 Å². The number of hydrogen-bond donors (Lipinski definition) is 0. The van der Waals surface area contributed by atoms with Gasteiger partial charge in [-0.1, -0.05) is 41.4 Å². The quantitative estimate of drug-likeness (QED) is 0.738. The van der Waals surface area contributed by atoms with Crippen LogP contribution >= 0.6 is 23.2 Å². The smallest absolute Gasteiger partial charge is 0.254 e. The summed E-state index contributed by atoms with van der Waals surface area (Å²) in [4.78, 5) is 14.3. The van der Waals surface area contributed by atoms with E-state index >= 15 is 0 Å². The van der Waals surface area contributed by atoms with E-state index in [4.69, 9.17) is 28.5 Å². The van der Waals surface area contributed by atoms with Crippen molar-refractivity contribution in [2.45, 2.75) is 6.54 Å². The van der Waals surface area contributed by atoms with Gasteiger partial charge in [-0.3, -0.25) is 4.79 Å². The van der Waals surface area contributed by atoms with Crippen molar-refractivity contribution in [2.24, 2.45) is 0 Å². The molecule has 0 aliphatic heterocycles. The summed E-state index contributed by atoms with van der Waals surface area (Å²) in [5.41, 5.74) is 1.93. The average molecular weight is 345 g/mol. The van der Waals surface area contributed by atoms with E-state index in [9.17, 15) is 4.79 Å². The van der Waals surface area contributed by atoms with Gasteiger partial charge in [0.25, 0.3) is 5.91 Å². The first-order chi connectivity index (χ1) is 11.0. The van der Waals surface area contributed by atoms with Crippen molar-refractivity contribution < 1.29 is 4.79 Å². The molecule has 5 heteroatoms. The first kappa shape index (κ1) is 17.1. The summed E-state index contributed by atoms with van der Waals surface area (Å²) in [6.07, 6.45) is 1.66. The van der Waals surface area contributed by atoms with E-state index in [0.717, 1.165) is 5.56 Å². The number of nitrogens with zero attached hydrogens (tertiary/aromatic N) is 2. The van der Waals surface area contributed by atoms with Crippen LogP contribution in [0.2, 0.25) is 10.0 Å². The largest absolute Gasteiger partial charge is 0.331 e. The van der Waals surface area contributed by atoms with Crippen LogP contribution in [0.3, 0.4) is 0 Å². The fourth-order valence-corrected chi connectivity index (χ4v) is 2.67. The van der Waals surface area contributed by atoms with Crippen molar-refractivity contribution in [1.29, 1.82) is 5.26 Å². The molecule has 1 amide bonds. The zero-order valence-electron chi connectivity index (χ0n) is 12.3. The molecule has 3 nitrogen and oxygen atoms in total. The Hall–Kier alpha value is -2.28. The van der Waals surface area contributed by atoms with Gasteiger partial charge in [-0.25, -0.2) is 0 Å². The Morgan fingerprint density at radius 3 is 2.30 bits per heavy atom. The maximum Gasteiger partial charge on any atom is 0.254 e. The Morgan fingerprint density at radius 2 is 1.78 bits per heavy atom. The predicted octanol–water partition coefficient (Wildman–Crippen LogP) is 4.69. The van der Waals surface area contributed by atoms with Crippen LogP contribution in [0.1, 0.15) is 21.5 Å². The molecule has 0 saturated heterocycles. The first-order valence-corrected chi connectivity index (χ1v) is 7.64. The Morgan fingerprint density at radius 1 is 1.17 bits per heavy atom. The Balaban J connectivity index is 2.24. The zero-order chi connectivity index (χ0) is 16.8. The molecule has 0 aliphatic carbocycles. The van der Waals surface area contributed by atoms with Gasteiger partial charge in [0.1, 0.15) is 0 Å². The molecule has 0 N–H and O–H groups in total. The lowest BCUT2D eigenvalue weighted by atomic mass is 10.1. The second-order valence-corrected chi connectivity index (χ2v) is 5.81. The number of carbonyl (C=O) groups is 1. The van der Waals surface area contributed by atoms with Gasteiger partial charge in [0.15, 0.2) is 0 Å². The fraction of sp³-hybridized carbons (Fsp3) is 0.111. The van der Waals surface area contributed by atoms with Crippen molar-refractivity contribution >= 4 is 29.1 Å². The third-order valence-electron chi connectivity index (χ3n) is 3.20. The molecule has 0 atom stereocenters. The van der Waals surface area contributed by atoms with Crippen LogP contribution in [0.15, 0.2) is 55.1 Å². The summed E-state index contributed by atoms with van der Waals surface area (Å²) in [6, 6.07) is 13.9. The highest BCUT2D eigenvalue weighted by molar-refractivity contribution is 6.35. The van der Waals surface area contributed by atoms with Crippen LogP contribution in [-0.2, 0) is 6.54 Å². The highest BCUT2D eigenvalue weighted by Gasteiger charge is 2.16. The number of amides is 1. The summed E-state index contributed by atoms with van der Waals surface area (Å²) in [5.74, 6) is -0.182. The van der Waals surface area contributed by atoms with Crippen molar-refractivity contribution in [3.8, 4) is 6.07 Å². The van der Waals surface area contributed by atoms with Crippen molar-refractivity contribution in [2.75, 3.05) is 6.54 Å². The van der Waals surface area contributed by atoms with Crippen LogP contribution < -0.4 is 0 Å². The van der Waals surface area contributed by atoms with Gasteiger partial charge < -0.3 is 4.90 Å². The molecule has 0 aromatic heterocycles. The summed E-state index contributed by atoms with van der Waals surface area (Å²) in [6.45, 7) is 4.49. The molecular weight excluding hydrogens is 331 g/mol. The van der Waals surface area contributed by atoms with Crippen molar-refractivity contribution in [1.82, 2.24) is 4.90 Å². The monoisotopic (exact) mass is 344 g/mol.